The first-order valence-corrected chi connectivity index (χ1v) is 5.81. The van der Waals surface area contributed by atoms with Crippen LogP contribution < -0.4 is 11.1 Å². The van der Waals surface area contributed by atoms with E-state index in [2.05, 4.69) is 17.1 Å². The van der Waals surface area contributed by atoms with Crippen LogP contribution in [-0.4, -0.2) is 43.5 Å². The van der Waals surface area contributed by atoms with Crippen LogP contribution in [0.1, 0.15) is 19.8 Å². The van der Waals surface area contributed by atoms with E-state index in [-0.39, 0.29) is 11.8 Å². The average Bonchev–Trinajstić information content (AvgIpc) is 2.75. The zero-order valence-corrected chi connectivity index (χ0v) is 9.46. The molecule has 0 radical (unpaired) electrons. The van der Waals surface area contributed by atoms with E-state index < -0.39 is 0 Å². The molecule has 2 fully saturated rings. The molecule has 0 aliphatic carbocycles. The van der Waals surface area contributed by atoms with Crippen molar-refractivity contribution in [2.45, 2.75) is 19.8 Å². The van der Waals surface area contributed by atoms with Crippen LogP contribution >= 0.6 is 0 Å². The van der Waals surface area contributed by atoms with Crippen molar-refractivity contribution in [2.75, 3.05) is 32.7 Å². The quantitative estimate of drug-likeness (QED) is 0.679. The van der Waals surface area contributed by atoms with Gasteiger partial charge in [-0.1, -0.05) is 6.92 Å². The van der Waals surface area contributed by atoms with Crippen molar-refractivity contribution in [1.82, 2.24) is 10.2 Å². The summed E-state index contributed by atoms with van der Waals surface area (Å²) in [7, 11) is 0. The summed E-state index contributed by atoms with van der Waals surface area (Å²) < 4.78 is 0. The van der Waals surface area contributed by atoms with E-state index in [4.69, 9.17) is 5.73 Å². The second-order valence-electron chi connectivity index (χ2n) is 5.36. The third-order valence-electron chi connectivity index (χ3n) is 3.74. The Balaban J connectivity index is 1.84. The minimum atomic E-state index is -0.132. The van der Waals surface area contributed by atoms with Crippen LogP contribution in [0.4, 0.5) is 0 Å². The number of hydrogen-bond donors (Lipinski definition) is 2. The molecule has 2 rings (SSSR count). The van der Waals surface area contributed by atoms with Crippen LogP contribution in [0, 0.1) is 11.3 Å². The van der Waals surface area contributed by atoms with E-state index in [9.17, 15) is 4.79 Å². The van der Waals surface area contributed by atoms with Gasteiger partial charge in [-0.15, -0.1) is 0 Å². The van der Waals surface area contributed by atoms with E-state index >= 15 is 0 Å². The second-order valence-corrected chi connectivity index (χ2v) is 5.36. The highest BCUT2D eigenvalue weighted by molar-refractivity contribution is 5.77. The van der Waals surface area contributed by atoms with Gasteiger partial charge in [0.15, 0.2) is 0 Å². The van der Waals surface area contributed by atoms with Gasteiger partial charge in [-0.05, 0) is 31.3 Å². The molecule has 2 atom stereocenters. The summed E-state index contributed by atoms with van der Waals surface area (Å²) in [5.41, 5.74) is 5.72. The Labute approximate surface area is 91.2 Å². The Morgan fingerprint density at radius 3 is 3.00 bits per heavy atom. The highest BCUT2D eigenvalue weighted by Crippen LogP contribution is 2.28. The van der Waals surface area contributed by atoms with Gasteiger partial charge in [0, 0.05) is 19.6 Å². The van der Waals surface area contributed by atoms with Crippen LogP contribution in [0.25, 0.3) is 0 Å². The highest BCUT2D eigenvalue weighted by Gasteiger charge is 2.34. The number of hydrogen-bond acceptors (Lipinski definition) is 3. The van der Waals surface area contributed by atoms with E-state index in [1.54, 1.807) is 0 Å². The highest BCUT2D eigenvalue weighted by atomic mass is 16.1. The second kappa shape index (κ2) is 4.10. The van der Waals surface area contributed by atoms with Crippen molar-refractivity contribution in [2.24, 2.45) is 17.1 Å². The number of carbonyl (C=O) groups excluding carboxylic acids is 1. The molecule has 0 aromatic rings. The summed E-state index contributed by atoms with van der Waals surface area (Å²) in [5, 5.41) is 3.40. The van der Waals surface area contributed by atoms with Gasteiger partial charge in [0.25, 0.3) is 0 Å². The van der Waals surface area contributed by atoms with Gasteiger partial charge in [-0.2, -0.15) is 0 Å². The monoisotopic (exact) mass is 211 g/mol. The minimum absolute atomic E-state index is 0.0861. The van der Waals surface area contributed by atoms with E-state index in [1.807, 2.05) is 0 Å². The maximum atomic E-state index is 11.0. The molecule has 4 heteroatoms. The van der Waals surface area contributed by atoms with Crippen LogP contribution in [0.15, 0.2) is 0 Å². The molecule has 15 heavy (non-hydrogen) atoms. The van der Waals surface area contributed by atoms with Crippen molar-refractivity contribution in [3.8, 4) is 0 Å². The van der Waals surface area contributed by atoms with Crippen molar-refractivity contribution in [1.29, 1.82) is 0 Å². The lowest BCUT2D eigenvalue weighted by Gasteiger charge is -2.28. The van der Waals surface area contributed by atoms with Gasteiger partial charge in [-0.25, -0.2) is 0 Å². The predicted octanol–water partition coefficient (Wildman–Crippen LogP) is -0.207. The molecule has 2 unspecified atom stereocenters. The standard InChI is InChI=1S/C11H21N3O/c1-11(3-4-13-7-11)8-14-5-2-9(6-14)10(12)15/h9,13H,2-8H2,1H3,(H2,12,15). The predicted molar refractivity (Wildman–Crippen MR) is 59.3 cm³/mol. The average molecular weight is 211 g/mol. The number of nitrogens with one attached hydrogen (secondary N) is 1. The van der Waals surface area contributed by atoms with Crippen LogP contribution in [0.3, 0.4) is 0 Å². The molecule has 4 nitrogen and oxygen atoms in total. The summed E-state index contributed by atoms with van der Waals surface area (Å²) in [6.45, 7) is 7.55. The Kier molecular flexibility index (Phi) is 2.98. The zero-order chi connectivity index (χ0) is 10.9. The zero-order valence-electron chi connectivity index (χ0n) is 9.46. The number of nitrogens with zero attached hydrogens (tertiary/aromatic N) is 1. The number of carbonyl (C=O) groups is 1. The van der Waals surface area contributed by atoms with Crippen molar-refractivity contribution >= 4 is 5.91 Å². The van der Waals surface area contributed by atoms with E-state index in [0.29, 0.717) is 5.41 Å². The smallest absolute Gasteiger partial charge is 0.221 e. The number of amides is 1. The third kappa shape index (κ3) is 2.49. The normalized spacial score (nSPS) is 37.3. The molecule has 1 amide bonds. The SMILES string of the molecule is CC1(CN2CCC(C(N)=O)C2)CCNC1. The lowest BCUT2D eigenvalue weighted by atomic mass is 9.89. The maximum Gasteiger partial charge on any atom is 0.221 e. The summed E-state index contributed by atoms with van der Waals surface area (Å²) in [4.78, 5) is 13.4. The topological polar surface area (TPSA) is 58.4 Å². The fourth-order valence-corrected chi connectivity index (χ4v) is 2.75. The van der Waals surface area contributed by atoms with Gasteiger partial charge in [-0.3, -0.25) is 4.79 Å². The fourth-order valence-electron chi connectivity index (χ4n) is 2.75. The van der Waals surface area contributed by atoms with Gasteiger partial charge in [0.2, 0.25) is 5.91 Å². The fraction of sp³-hybridized carbons (Fsp3) is 0.909. The van der Waals surface area contributed by atoms with Gasteiger partial charge in [0.1, 0.15) is 0 Å². The first-order valence-electron chi connectivity index (χ1n) is 5.81. The van der Waals surface area contributed by atoms with Gasteiger partial charge in [0.05, 0.1) is 5.92 Å². The molecule has 2 aliphatic heterocycles. The van der Waals surface area contributed by atoms with Gasteiger partial charge >= 0.3 is 0 Å². The maximum absolute atomic E-state index is 11.0. The summed E-state index contributed by atoms with van der Waals surface area (Å²) in [6.07, 6.45) is 2.18. The summed E-state index contributed by atoms with van der Waals surface area (Å²) >= 11 is 0. The molecule has 2 saturated heterocycles. The molecule has 0 aromatic heterocycles. The van der Waals surface area contributed by atoms with E-state index in [1.165, 1.54) is 6.42 Å². The lowest BCUT2D eigenvalue weighted by Crippen LogP contribution is -2.37. The van der Waals surface area contributed by atoms with Crippen molar-refractivity contribution in [3.05, 3.63) is 0 Å². The number of nitrogens with two attached hydrogens (primary N) is 1. The van der Waals surface area contributed by atoms with Crippen molar-refractivity contribution < 1.29 is 4.79 Å². The Hall–Kier alpha value is -0.610. The number of likely N-dealkylation sites (tertiary alicyclic amines) is 1. The molecule has 0 saturated carbocycles. The molecular weight excluding hydrogens is 190 g/mol. The summed E-state index contributed by atoms with van der Waals surface area (Å²) in [6, 6.07) is 0. The number of primary amides is 1. The molecule has 2 heterocycles. The first kappa shape index (κ1) is 10.9. The number of rotatable bonds is 3. The Morgan fingerprint density at radius 2 is 2.47 bits per heavy atom. The molecule has 3 N–H and O–H groups in total. The molecule has 2 aliphatic rings. The molecular formula is C11H21N3O. The van der Waals surface area contributed by atoms with E-state index in [0.717, 1.165) is 39.1 Å². The van der Waals surface area contributed by atoms with Crippen molar-refractivity contribution in [3.63, 3.8) is 0 Å². The molecule has 0 aromatic carbocycles. The molecule has 0 spiro atoms. The minimum Gasteiger partial charge on any atom is -0.369 e. The first-order chi connectivity index (χ1) is 7.09. The molecule has 0 bridgehead atoms. The van der Waals surface area contributed by atoms with Gasteiger partial charge < -0.3 is 16.0 Å². The van der Waals surface area contributed by atoms with Crippen LogP contribution in [0.2, 0.25) is 0 Å². The van der Waals surface area contributed by atoms with Crippen LogP contribution in [-0.2, 0) is 4.79 Å². The lowest BCUT2D eigenvalue weighted by molar-refractivity contribution is -0.121. The molecule has 86 valence electrons. The van der Waals surface area contributed by atoms with Crippen LogP contribution in [0.5, 0.6) is 0 Å². The Morgan fingerprint density at radius 1 is 1.67 bits per heavy atom. The largest absolute Gasteiger partial charge is 0.369 e. The Bertz CT molecular complexity index is 248. The summed E-state index contributed by atoms with van der Waals surface area (Å²) in [5.74, 6) is -0.0461. The third-order valence-corrected chi connectivity index (χ3v) is 3.74.